The van der Waals surface area contributed by atoms with Crippen LogP contribution in [0.2, 0.25) is 0 Å². The second-order valence-electron chi connectivity index (χ2n) is 10.1. The van der Waals surface area contributed by atoms with Gasteiger partial charge >= 0.3 is 11.9 Å². The largest absolute Gasteiger partial charge is 0.457 e. The first-order valence-corrected chi connectivity index (χ1v) is 12.5. The number of esters is 2. The lowest BCUT2D eigenvalue weighted by Gasteiger charge is -2.32. The minimum Gasteiger partial charge on any atom is -0.457 e. The van der Waals surface area contributed by atoms with Gasteiger partial charge in [-0.15, -0.1) is 0 Å². The molecule has 3 N–H and O–H groups in total. The Kier molecular flexibility index (Phi) is 10.7. The molecule has 2 aliphatic heterocycles. The Morgan fingerprint density at radius 1 is 1.34 bits per heavy atom. The third kappa shape index (κ3) is 8.86. The Hall–Kier alpha value is -2.00. The second-order valence-corrected chi connectivity index (χ2v) is 10.1. The summed E-state index contributed by atoms with van der Waals surface area (Å²) in [6.45, 7) is 10.5. The van der Waals surface area contributed by atoms with Crippen LogP contribution in [0, 0.1) is 11.8 Å². The quantitative estimate of drug-likeness (QED) is 0.213. The standard InChI is InChI=1S/C27H42O8/c1-7-21-26(34-21)24(31)16(2)9-8-10-17(3)25-18(4)11-12-22(33-19(5)28)27(6,32)14-13-20(29)15-23(30)35-25/h8-12,16,18,20-22,24-26,29,31-32H,7,13-15H2,1-6H3/b9-8+,12-11-,17-10+. The Morgan fingerprint density at radius 2 is 2.03 bits per heavy atom. The first kappa shape index (κ1) is 29.2. The fourth-order valence-electron chi connectivity index (χ4n) is 4.31. The third-order valence-corrected chi connectivity index (χ3v) is 6.74. The molecule has 0 aromatic carbocycles. The zero-order valence-electron chi connectivity index (χ0n) is 21.7. The molecule has 198 valence electrons. The minimum absolute atomic E-state index is 0.112. The summed E-state index contributed by atoms with van der Waals surface area (Å²) in [5, 5.41) is 31.6. The number of hydrogen-bond acceptors (Lipinski definition) is 8. The van der Waals surface area contributed by atoms with Crippen molar-refractivity contribution >= 4 is 11.9 Å². The predicted molar refractivity (Wildman–Crippen MR) is 131 cm³/mol. The van der Waals surface area contributed by atoms with Gasteiger partial charge in [0.05, 0.1) is 24.7 Å². The Morgan fingerprint density at radius 3 is 2.63 bits per heavy atom. The van der Waals surface area contributed by atoms with Gasteiger partial charge in [-0.25, -0.2) is 0 Å². The van der Waals surface area contributed by atoms with Crippen LogP contribution >= 0.6 is 0 Å². The highest BCUT2D eigenvalue weighted by Gasteiger charge is 2.44. The summed E-state index contributed by atoms with van der Waals surface area (Å²) >= 11 is 0. The van der Waals surface area contributed by atoms with Crippen LogP contribution in [0.4, 0.5) is 0 Å². The molecule has 35 heavy (non-hydrogen) atoms. The first-order chi connectivity index (χ1) is 16.4. The van der Waals surface area contributed by atoms with Gasteiger partial charge in [-0.3, -0.25) is 9.59 Å². The van der Waals surface area contributed by atoms with Gasteiger partial charge in [0.2, 0.25) is 0 Å². The molecule has 2 heterocycles. The molecule has 0 amide bonds. The maximum Gasteiger partial charge on any atom is 0.309 e. The van der Waals surface area contributed by atoms with E-state index in [9.17, 15) is 24.9 Å². The number of ether oxygens (including phenoxy) is 3. The first-order valence-electron chi connectivity index (χ1n) is 12.5. The molecule has 1 fully saturated rings. The van der Waals surface area contributed by atoms with Gasteiger partial charge in [0, 0.05) is 18.8 Å². The fraction of sp³-hybridized carbons (Fsp3) is 0.704. The van der Waals surface area contributed by atoms with Crippen molar-refractivity contribution in [3.63, 3.8) is 0 Å². The van der Waals surface area contributed by atoms with Gasteiger partial charge in [0.15, 0.2) is 0 Å². The maximum atomic E-state index is 12.5. The number of aliphatic hydroxyl groups is 3. The Balaban J connectivity index is 2.22. The lowest BCUT2D eigenvalue weighted by atomic mass is 9.88. The summed E-state index contributed by atoms with van der Waals surface area (Å²) in [4.78, 5) is 24.1. The molecule has 0 radical (unpaired) electrons. The second kappa shape index (κ2) is 12.8. The average Bonchev–Trinajstić information content (AvgIpc) is 3.57. The van der Waals surface area contributed by atoms with Gasteiger partial charge in [-0.05, 0) is 44.8 Å². The molecule has 1 saturated heterocycles. The summed E-state index contributed by atoms with van der Waals surface area (Å²) in [5.41, 5.74) is -0.640. The number of carbonyl (C=O) groups excluding carboxylic acids is 2. The zero-order chi connectivity index (χ0) is 26.3. The number of carbonyl (C=O) groups is 2. The highest BCUT2D eigenvalue weighted by Crippen LogP contribution is 2.32. The van der Waals surface area contributed by atoms with Gasteiger partial charge < -0.3 is 29.5 Å². The van der Waals surface area contributed by atoms with Gasteiger partial charge in [-0.1, -0.05) is 45.1 Å². The average molecular weight is 495 g/mol. The lowest BCUT2D eigenvalue weighted by molar-refractivity contribution is -0.157. The maximum absolute atomic E-state index is 12.5. The molecule has 0 spiro atoms. The van der Waals surface area contributed by atoms with E-state index in [4.69, 9.17) is 14.2 Å². The summed E-state index contributed by atoms with van der Waals surface area (Å²) in [5.74, 6) is -1.47. The molecule has 2 rings (SSSR count). The van der Waals surface area contributed by atoms with Crippen molar-refractivity contribution in [3.8, 4) is 0 Å². The topological polar surface area (TPSA) is 126 Å². The Bertz CT molecular complexity index is 814. The van der Waals surface area contributed by atoms with Crippen LogP contribution in [0.15, 0.2) is 36.0 Å². The lowest BCUT2D eigenvalue weighted by Crippen LogP contribution is -2.42. The highest BCUT2D eigenvalue weighted by molar-refractivity contribution is 5.70. The van der Waals surface area contributed by atoms with Crippen LogP contribution in [0.1, 0.15) is 67.2 Å². The molecular weight excluding hydrogens is 452 g/mol. The van der Waals surface area contributed by atoms with E-state index >= 15 is 0 Å². The van der Waals surface area contributed by atoms with Crippen LogP contribution in [-0.2, 0) is 23.8 Å². The number of epoxide rings is 1. The predicted octanol–water partition coefficient (Wildman–Crippen LogP) is 2.99. The van der Waals surface area contributed by atoms with E-state index in [1.165, 1.54) is 6.92 Å². The summed E-state index contributed by atoms with van der Waals surface area (Å²) < 4.78 is 16.6. The van der Waals surface area contributed by atoms with Gasteiger partial charge in [-0.2, -0.15) is 0 Å². The number of hydrogen-bond donors (Lipinski definition) is 3. The van der Waals surface area contributed by atoms with E-state index in [0.29, 0.717) is 0 Å². The molecule has 0 aromatic heterocycles. The van der Waals surface area contributed by atoms with Crippen LogP contribution in [-0.4, -0.2) is 69.5 Å². The molecule has 0 saturated carbocycles. The number of allylic oxidation sites excluding steroid dienone is 2. The molecule has 8 nitrogen and oxygen atoms in total. The molecule has 9 unspecified atom stereocenters. The van der Waals surface area contributed by atoms with Crippen LogP contribution in [0.5, 0.6) is 0 Å². The molecule has 0 aromatic rings. The number of rotatable bonds is 7. The Labute approximate surface area is 208 Å². The molecular formula is C27H42O8. The van der Waals surface area contributed by atoms with Crippen LogP contribution < -0.4 is 0 Å². The summed E-state index contributed by atoms with van der Waals surface area (Å²) in [6, 6.07) is 0. The van der Waals surface area contributed by atoms with Crippen molar-refractivity contribution in [2.75, 3.05) is 0 Å². The smallest absolute Gasteiger partial charge is 0.309 e. The van der Waals surface area contributed by atoms with Gasteiger partial charge in [0.25, 0.3) is 0 Å². The van der Waals surface area contributed by atoms with Crippen molar-refractivity contribution in [1.29, 1.82) is 0 Å². The fourth-order valence-corrected chi connectivity index (χ4v) is 4.31. The van der Waals surface area contributed by atoms with Crippen molar-refractivity contribution in [2.45, 2.75) is 109 Å². The zero-order valence-corrected chi connectivity index (χ0v) is 21.7. The van der Waals surface area contributed by atoms with Crippen molar-refractivity contribution in [2.24, 2.45) is 11.8 Å². The van der Waals surface area contributed by atoms with E-state index < -0.39 is 42.0 Å². The number of cyclic esters (lactones) is 1. The molecule has 8 heteroatoms. The minimum atomic E-state index is -1.41. The molecule has 0 bridgehead atoms. The normalized spacial score (nSPS) is 37.5. The van der Waals surface area contributed by atoms with E-state index in [1.807, 2.05) is 45.9 Å². The SMILES string of the molecule is CCC1OC1C(O)C(C)/C=C/C=C(\C)C1OC(=O)CC(O)CCC(C)(O)C(OC(C)=O)/C=C\C1C. The van der Waals surface area contributed by atoms with Crippen molar-refractivity contribution in [3.05, 3.63) is 36.0 Å². The van der Waals surface area contributed by atoms with Crippen molar-refractivity contribution < 1.29 is 39.1 Å². The highest BCUT2D eigenvalue weighted by atomic mass is 16.6. The molecule has 0 aliphatic carbocycles. The van der Waals surface area contributed by atoms with Crippen molar-refractivity contribution in [1.82, 2.24) is 0 Å². The third-order valence-electron chi connectivity index (χ3n) is 6.74. The summed E-state index contributed by atoms with van der Waals surface area (Å²) in [6.07, 6.45) is 6.76. The van der Waals surface area contributed by atoms with E-state index in [-0.39, 0.29) is 43.3 Å². The van der Waals surface area contributed by atoms with E-state index in [0.717, 1.165) is 12.0 Å². The molecule has 9 atom stereocenters. The monoisotopic (exact) mass is 494 g/mol. The molecule has 2 aliphatic rings. The van der Waals surface area contributed by atoms with E-state index in [2.05, 4.69) is 0 Å². The number of aliphatic hydroxyl groups excluding tert-OH is 2. The van der Waals surface area contributed by atoms with E-state index in [1.54, 1.807) is 19.1 Å². The van der Waals surface area contributed by atoms with Crippen LogP contribution in [0.3, 0.4) is 0 Å². The van der Waals surface area contributed by atoms with Crippen LogP contribution in [0.25, 0.3) is 0 Å². The summed E-state index contributed by atoms with van der Waals surface area (Å²) in [7, 11) is 0. The van der Waals surface area contributed by atoms with Gasteiger partial charge in [0.1, 0.15) is 23.9 Å².